The monoisotopic (exact) mass is 428 g/mol. The van der Waals surface area contributed by atoms with Gasteiger partial charge in [-0.1, -0.05) is 28.1 Å². The molecule has 6 nitrogen and oxygen atoms in total. The fourth-order valence-corrected chi connectivity index (χ4v) is 3.26. The SMILES string of the molecule is CC(=O)c1cccc(NC(=O)CCCN2C(=O)c3ccc(Br)cc3C2=O)c1. The molecule has 1 N–H and O–H groups in total. The number of halogens is 1. The van der Waals surface area contributed by atoms with Gasteiger partial charge in [0, 0.05) is 28.7 Å². The summed E-state index contributed by atoms with van der Waals surface area (Å²) in [5.41, 5.74) is 1.82. The topological polar surface area (TPSA) is 83.6 Å². The van der Waals surface area contributed by atoms with Crippen molar-refractivity contribution in [2.45, 2.75) is 19.8 Å². The predicted octanol–water partition coefficient (Wildman–Crippen LogP) is 3.67. The van der Waals surface area contributed by atoms with Crippen molar-refractivity contribution >= 4 is 45.1 Å². The van der Waals surface area contributed by atoms with E-state index in [0.717, 1.165) is 4.47 Å². The minimum absolute atomic E-state index is 0.0802. The van der Waals surface area contributed by atoms with E-state index in [2.05, 4.69) is 21.2 Å². The maximum absolute atomic E-state index is 12.4. The summed E-state index contributed by atoms with van der Waals surface area (Å²) < 4.78 is 0.733. The van der Waals surface area contributed by atoms with E-state index in [1.807, 2.05) is 0 Å². The highest BCUT2D eigenvalue weighted by Crippen LogP contribution is 2.26. The van der Waals surface area contributed by atoms with Crippen molar-refractivity contribution in [3.05, 3.63) is 63.6 Å². The Balaban J connectivity index is 1.55. The Hall–Kier alpha value is -2.80. The van der Waals surface area contributed by atoms with Crippen LogP contribution in [0.4, 0.5) is 5.69 Å². The van der Waals surface area contributed by atoms with Crippen molar-refractivity contribution in [1.29, 1.82) is 0 Å². The van der Waals surface area contributed by atoms with Gasteiger partial charge in [0.25, 0.3) is 11.8 Å². The lowest BCUT2D eigenvalue weighted by Crippen LogP contribution is -2.31. The number of rotatable bonds is 6. The number of carbonyl (C=O) groups excluding carboxylic acids is 4. The minimum atomic E-state index is -0.342. The molecule has 3 rings (SSSR count). The van der Waals surface area contributed by atoms with Crippen LogP contribution in [0.2, 0.25) is 0 Å². The lowest BCUT2D eigenvalue weighted by Gasteiger charge is -2.13. The number of imide groups is 1. The molecular weight excluding hydrogens is 412 g/mol. The molecule has 0 saturated heterocycles. The zero-order valence-electron chi connectivity index (χ0n) is 14.6. The number of benzene rings is 2. The first kappa shape index (κ1) is 19.0. The number of nitrogens with one attached hydrogen (secondary N) is 1. The van der Waals surface area contributed by atoms with Gasteiger partial charge in [-0.15, -0.1) is 0 Å². The van der Waals surface area contributed by atoms with Crippen LogP contribution in [0.25, 0.3) is 0 Å². The summed E-state index contributed by atoms with van der Waals surface area (Å²) in [5.74, 6) is -0.999. The molecule has 2 aromatic rings. The Morgan fingerprint density at radius 2 is 1.78 bits per heavy atom. The molecular formula is C20H17BrN2O4. The maximum Gasteiger partial charge on any atom is 0.261 e. The summed E-state index contributed by atoms with van der Waals surface area (Å²) in [7, 11) is 0. The Morgan fingerprint density at radius 3 is 2.52 bits per heavy atom. The molecule has 1 aliphatic rings. The van der Waals surface area contributed by atoms with Crippen LogP contribution in [0.3, 0.4) is 0 Å². The lowest BCUT2D eigenvalue weighted by atomic mass is 10.1. The minimum Gasteiger partial charge on any atom is -0.326 e. The third-order valence-electron chi connectivity index (χ3n) is 4.27. The molecule has 2 aromatic carbocycles. The summed E-state index contributed by atoms with van der Waals surface area (Å²) >= 11 is 3.29. The highest BCUT2D eigenvalue weighted by molar-refractivity contribution is 9.10. The molecule has 27 heavy (non-hydrogen) atoms. The first-order valence-corrected chi connectivity index (χ1v) is 9.22. The average Bonchev–Trinajstić information content (AvgIpc) is 2.86. The van der Waals surface area contributed by atoms with Gasteiger partial charge in [-0.3, -0.25) is 24.1 Å². The maximum atomic E-state index is 12.4. The first-order valence-electron chi connectivity index (χ1n) is 8.43. The zero-order valence-corrected chi connectivity index (χ0v) is 16.2. The molecule has 0 atom stereocenters. The molecule has 1 aliphatic heterocycles. The smallest absolute Gasteiger partial charge is 0.261 e. The third-order valence-corrected chi connectivity index (χ3v) is 4.76. The number of anilines is 1. The van der Waals surface area contributed by atoms with Gasteiger partial charge >= 0.3 is 0 Å². The van der Waals surface area contributed by atoms with Crippen molar-refractivity contribution in [3.8, 4) is 0 Å². The van der Waals surface area contributed by atoms with Gasteiger partial charge in [0.15, 0.2) is 5.78 Å². The summed E-state index contributed by atoms with van der Waals surface area (Å²) in [6, 6.07) is 11.7. The molecule has 7 heteroatoms. The fraction of sp³-hybridized carbons (Fsp3) is 0.200. The van der Waals surface area contributed by atoms with Gasteiger partial charge < -0.3 is 5.32 Å². The highest BCUT2D eigenvalue weighted by atomic mass is 79.9. The highest BCUT2D eigenvalue weighted by Gasteiger charge is 2.35. The number of ketones is 1. The second-order valence-corrected chi connectivity index (χ2v) is 7.16. The molecule has 0 bridgehead atoms. The normalized spacial score (nSPS) is 12.9. The molecule has 1 heterocycles. The van der Waals surface area contributed by atoms with Crippen LogP contribution in [-0.2, 0) is 4.79 Å². The molecule has 0 saturated carbocycles. The molecule has 0 radical (unpaired) electrons. The van der Waals surface area contributed by atoms with Crippen LogP contribution in [-0.4, -0.2) is 34.9 Å². The van der Waals surface area contributed by atoms with Crippen molar-refractivity contribution < 1.29 is 19.2 Å². The first-order chi connectivity index (χ1) is 12.9. The van der Waals surface area contributed by atoms with Crippen molar-refractivity contribution in [2.75, 3.05) is 11.9 Å². The van der Waals surface area contributed by atoms with Crippen LogP contribution in [0, 0.1) is 0 Å². The van der Waals surface area contributed by atoms with Crippen molar-refractivity contribution in [3.63, 3.8) is 0 Å². The lowest BCUT2D eigenvalue weighted by molar-refractivity contribution is -0.116. The molecule has 0 fully saturated rings. The predicted molar refractivity (Wildman–Crippen MR) is 104 cm³/mol. The average molecular weight is 429 g/mol. The number of fused-ring (bicyclic) bond motifs is 1. The van der Waals surface area contributed by atoms with Crippen LogP contribution >= 0.6 is 15.9 Å². The number of carbonyl (C=O) groups is 4. The van der Waals surface area contributed by atoms with E-state index in [-0.39, 0.29) is 36.5 Å². The van der Waals surface area contributed by atoms with E-state index >= 15 is 0 Å². The largest absolute Gasteiger partial charge is 0.326 e. The van der Waals surface area contributed by atoms with E-state index < -0.39 is 0 Å². The fourth-order valence-electron chi connectivity index (χ4n) is 2.90. The quantitative estimate of drug-likeness (QED) is 0.561. The number of Topliss-reactive ketones (excluding diaryl/α,β-unsaturated/α-hetero) is 1. The van der Waals surface area contributed by atoms with Gasteiger partial charge in [0.05, 0.1) is 11.1 Å². The van der Waals surface area contributed by atoms with Crippen LogP contribution in [0.1, 0.15) is 50.8 Å². The number of amides is 3. The van der Waals surface area contributed by atoms with Crippen molar-refractivity contribution in [2.24, 2.45) is 0 Å². The van der Waals surface area contributed by atoms with E-state index in [1.165, 1.54) is 11.8 Å². The molecule has 0 aliphatic carbocycles. The summed E-state index contributed by atoms with van der Waals surface area (Å²) in [4.78, 5) is 49.4. The number of hydrogen-bond acceptors (Lipinski definition) is 4. The van der Waals surface area contributed by atoms with E-state index in [4.69, 9.17) is 0 Å². The van der Waals surface area contributed by atoms with Gasteiger partial charge in [0.2, 0.25) is 5.91 Å². The van der Waals surface area contributed by atoms with Gasteiger partial charge in [-0.25, -0.2) is 0 Å². The summed E-state index contributed by atoms with van der Waals surface area (Å²) in [6.07, 6.45) is 0.506. The zero-order chi connectivity index (χ0) is 19.6. The Kier molecular flexibility index (Phi) is 5.51. The van der Waals surface area contributed by atoms with Crippen molar-refractivity contribution in [1.82, 2.24) is 4.90 Å². The molecule has 0 unspecified atom stereocenters. The second kappa shape index (κ2) is 7.84. The standard InChI is InChI=1S/C20H17BrN2O4/c1-12(24)13-4-2-5-15(10-13)22-18(25)6-3-9-23-19(26)16-8-7-14(21)11-17(16)20(23)27/h2,4-5,7-8,10-11H,3,6,9H2,1H3,(H,22,25). The number of hydrogen-bond donors (Lipinski definition) is 1. The van der Waals surface area contributed by atoms with Crippen LogP contribution in [0.15, 0.2) is 46.9 Å². The van der Waals surface area contributed by atoms with Crippen LogP contribution in [0.5, 0.6) is 0 Å². The Morgan fingerprint density at radius 1 is 1.04 bits per heavy atom. The molecule has 0 spiro atoms. The van der Waals surface area contributed by atoms with Gasteiger partial charge in [0.1, 0.15) is 0 Å². The van der Waals surface area contributed by atoms with E-state index in [1.54, 1.807) is 42.5 Å². The number of nitrogens with zero attached hydrogens (tertiary/aromatic N) is 1. The summed E-state index contributed by atoms with van der Waals surface area (Å²) in [5, 5.41) is 2.72. The van der Waals surface area contributed by atoms with Gasteiger partial charge in [-0.05, 0) is 43.7 Å². The summed E-state index contributed by atoms with van der Waals surface area (Å²) in [6.45, 7) is 1.63. The van der Waals surface area contributed by atoms with E-state index in [9.17, 15) is 19.2 Å². The van der Waals surface area contributed by atoms with E-state index in [0.29, 0.717) is 28.8 Å². The molecule has 3 amide bonds. The van der Waals surface area contributed by atoms with Crippen LogP contribution < -0.4 is 5.32 Å². The van der Waals surface area contributed by atoms with Gasteiger partial charge in [-0.2, -0.15) is 0 Å². The Bertz CT molecular complexity index is 955. The molecule has 138 valence electrons. The Labute approximate surface area is 164 Å². The molecule has 0 aromatic heterocycles. The second-order valence-electron chi connectivity index (χ2n) is 6.24. The third kappa shape index (κ3) is 4.14.